The first-order valence-electron chi connectivity index (χ1n) is 7.35. The van der Waals surface area contributed by atoms with Crippen LogP contribution >= 0.6 is 0 Å². The molecule has 5 nitrogen and oxygen atoms in total. The van der Waals surface area contributed by atoms with Crippen LogP contribution in [0.25, 0.3) is 0 Å². The number of hydrogen-bond acceptors (Lipinski definition) is 3. The largest absolute Gasteiger partial charge is 0.497 e. The molecule has 21 heavy (non-hydrogen) atoms. The normalized spacial score (nSPS) is 18.6. The molecule has 0 saturated carbocycles. The van der Waals surface area contributed by atoms with E-state index < -0.39 is 0 Å². The van der Waals surface area contributed by atoms with Gasteiger partial charge in [-0.2, -0.15) is 0 Å². The number of nitrogens with zero attached hydrogens (tertiary/aromatic N) is 1. The molecule has 0 aromatic heterocycles. The Bertz CT molecular complexity index is 499. The van der Waals surface area contributed by atoms with Gasteiger partial charge in [-0.1, -0.05) is 25.5 Å². The zero-order chi connectivity index (χ0) is 15.2. The fourth-order valence-electron chi connectivity index (χ4n) is 2.50. The molecule has 2 amide bonds. The van der Waals surface area contributed by atoms with Gasteiger partial charge in [-0.3, -0.25) is 9.59 Å². The summed E-state index contributed by atoms with van der Waals surface area (Å²) in [6.07, 6.45) is 2.31. The van der Waals surface area contributed by atoms with E-state index in [0.29, 0.717) is 13.0 Å². The molecule has 0 spiro atoms. The standard InChI is InChI=1S/C16H22N2O3/c1-3-4-14-16(20)18(11-15(19)17-14)10-9-12-5-7-13(21-2)8-6-12/h5-8,14H,3-4,9-11H2,1-2H3,(H,17,19). The van der Waals surface area contributed by atoms with Crippen LogP contribution < -0.4 is 10.1 Å². The molecule has 1 aliphatic rings. The zero-order valence-corrected chi connectivity index (χ0v) is 12.6. The Morgan fingerprint density at radius 3 is 2.62 bits per heavy atom. The maximum atomic E-state index is 12.3. The van der Waals surface area contributed by atoms with Crippen LogP contribution in [0.3, 0.4) is 0 Å². The number of benzene rings is 1. The number of amides is 2. The quantitative estimate of drug-likeness (QED) is 0.860. The number of piperazine rings is 1. The average molecular weight is 290 g/mol. The summed E-state index contributed by atoms with van der Waals surface area (Å²) < 4.78 is 5.12. The number of hydrogen-bond donors (Lipinski definition) is 1. The molecule has 1 atom stereocenters. The van der Waals surface area contributed by atoms with Gasteiger partial charge in [0, 0.05) is 6.54 Å². The molecule has 1 saturated heterocycles. The molecule has 1 N–H and O–H groups in total. The number of methoxy groups -OCH3 is 1. The Hall–Kier alpha value is -2.04. The molecule has 1 fully saturated rings. The number of ether oxygens (including phenoxy) is 1. The van der Waals surface area contributed by atoms with Crippen molar-refractivity contribution in [3.63, 3.8) is 0 Å². The van der Waals surface area contributed by atoms with E-state index in [0.717, 1.165) is 24.2 Å². The van der Waals surface area contributed by atoms with Crippen LogP contribution in [-0.4, -0.2) is 43.0 Å². The van der Waals surface area contributed by atoms with Crippen LogP contribution in [0.15, 0.2) is 24.3 Å². The summed E-state index contributed by atoms with van der Waals surface area (Å²) in [6.45, 7) is 2.74. The van der Waals surface area contributed by atoms with Crippen LogP contribution in [0.5, 0.6) is 5.75 Å². The Kier molecular flexibility index (Phi) is 5.20. The summed E-state index contributed by atoms with van der Waals surface area (Å²) >= 11 is 0. The number of carbonyl (C=O) groups excluding carboxylic acids is 2. The highest BCUT2D eigenvalue weighted by Gasteiger charge is 2.31. The Labute approximate surface area is 125 Å². The fourth-order valence-corrected chi connectivity index (χ4v) is 2.50. The molecule has 1 aromatic carbocycles. The number of nitrogens with one attached hydrogen (secondary N) is 1. The molecule has 1 heterocycles. The highest BCUT2D eigenvalue weighted by atomic mass is 16.5. The van der Waals surface area contributed by atoms with Gasteiger partial charge in [0.1, 0.15) is 11.8 Å². The van der Waals surface area contributed by atoms with E-state index in [-0.39, 0.29) is 24.4 Å². The van der Waals surface area contributed by atoms with E-state index in [4.69, 9.17) is 4.74 Å². The molecule has 0 bridgehead atoms. The van der Waals surface area contributed by atoms with Crippen molar-refractivity contribution in [1.29, 1.82) is 0 Å². The Balaban J connectivity index is 1.94. The molecule has 1 unspecified atom stereocenters. The summed E-state index contributed by atoms with van der Waals surface area (Å²) in [5.74, 6) is 0.780. The molecule has 0 radical (unpaired) electrons. The van der Waals surface area contributed by atoms with E-state index in [9.17, 15) is 9.59 Å². The van der Waals surface area contributed by atoms with Crippen molar-refractivity contribution in [2.24, 2.45) is 0 Å². The van der Waals surface area contributed by atoms with Crippen molar-refractivity contribution >= 4 is 11.8 Å². The van der Waals surface area contributed by atoms with Crippen LogP contribution in [0.2, 0.25) is 0 Å². The first-order chi connectivity index (χ1) is 10.1. The van der Waals surface area contributed by atoms with E-state index in [1.807, 2.05) is 31.2 Å². The van der Waals surface area contributed by atoms with Crippen LogP contribution in [0.4, 0.5) is 0 Å². The van der Waals surface area contributed by atoms with E-state index in [1.54, 1.807) is 12.0 Å². The van der Waals surface area contributed by atoms with Crippen LogP contribution in [0.1, 0.15) is 25.3 Å². The van der Waals surface area contributed by atoms with Gasteiger partial charge in [-0.25, -0.2) is 0 Å². The molecular formula is C16H22N2O3. The number of carbonyl (C=O) groups is 2. The second-order valence-corrected chi connectivity index (χ2v) is 5.27. The third-order valence-electron chi connectivity index (χ3n) is 3.69. The molecular weight excluding hydrogens is 268 g/mol. The maximum absolute atomic E-state index is 12.3. The minimum atomic E-state index is -0.355. The highest BCUT2D eigenvalue weighted by molar-refractivity contribution is 5.94. The van der Waals surface area contributed by atoms with Gasteiger partial charge in [-0.15, -0.1) is 0 Å². The Morgan fingerprint density at radius 1 is 1.29 bits per heavy atom. The third-order valence-corrected chi connectivity index (χ3v) is 3.69. The second kappa shape index (κ2) is 7.11. The van der Waals surface area contributed by atoms with Crippen molar-refractivity contribution in [1.82, 2.24) is 10.2 Å². The fraction of sp³-hybridized carbons (Fsp3) is 0.500. The van der Waals surface area contributed by atoms with Gasteiger partial charge in [0.25, 0.3) is 0 Å². The molecule has 114 valence electrons. The lowest BCUT2D eigenvalue weighted by Crippen LogP contribution is -2.58. The minimum absolute atomic E-state index is 0.0324. The summed E-state index contributed by atoms with van der Waals surface area (Å²) in [7, 11) is 1.63. The Morgan fingerprint density at radius 2 is 2.00 bits per heavy atom. The predicted octanol–water partition coefficient (Wildman–Crippen LogP) is 1.36. The SMILES string of the molecule is CCCC1NC(=O)CN(CCc2ccc(OC)cc2)C1=O. The molecule has 1 aliphatic heterocycles. The van der Waals surface area contributed by atoms with Gasteiger partial charge in [0.05, 0.1) is 13.7 Å². The minimum Gasteiger partial charge on any atom is -0.497 e. The molecule has 5 heteroatoms. The van der Waals surface area contributed by atoms with Crippen molar-refractivity contribution in [3.05, 3.63) is 29.8 Å². The van der Waals surface area contributed by atoms with Crippen LogP contribution in [-0.2, 0) is 16.0 Å². The van der Waals surface area contributed by atoms with Gasteiger partial charge >= 0.3 is 0 Å². The smallest absolute Gasteiger partial charge is 0.245 e. The van der Waals surface area contributed by atoms with Crippen molar-refractivity contribution < 1.29 is 14.3 Å². The van der Waals surface area contributed by atoms with Crippen LogP contribution in [0, 0.1) is 0 Å². The van der Waals surface area contributed by atoms with Crippen molar-refractivity contribution in [2.75, 3.05) is 20.2 Å². The lowest BCUT2D eigenvalue weighted by molar-refractivity contribution is -0.144. The lowest BCUT2D eigenvalue weighted by Gasteiger charge is -2.32. The molecule has 0 aliphatic carbocycles. The summed E-state index contributed by atoms with van der Waals surface area (Å²) in [5, 5.41) is 2.76. The second-order valence-electron chi connectivity index (χ2n) is 5.27. The number of rotatable bonds is 6. The van der Waals surface area contributed by atoms with E-state index in [2.05, 4.69) is 5.32 Å². The van der Waals surface area contributed by atoms with E-state index in [1.165, 1.54) is 0 Å². The highest BCUT2D eigenvalue weighted by Crippen LogP contribution is 2.13. The monoisotopic (exact) mass is 290 g/mol. The molecule has 2 rings (SSSR count). The zero-order valence-electron chi connectivity index (χ0n) is 12.6. The first-order valence-corrected chi connectivity index (χ1v) is 7.35. The summed E-state index contributed by atoms with van der Waals surface area (Å²) in [4.78, 5) is 25.6. The lowest BCUT2D eigenvalue weighted by atomic mass is 10.1. The molecule has 1 aromatic rings. The predicted molar refractivity (Wildman–Crippen MR) is 80.1 cm³/mol. The van der Waals surface area contributed by atoms with E-state index >= 15 is 0 Å². The third kappa shape index (κ3) is 3.97. The van der Waals surface area contributed by atoms with Gasteiger partial charge < -0.3 is 15.0 Å². The van der Waals surface area contributed by atoms with Gasteiger partial charge in [0.2, 0.25) is 11.8 Å². The first kappa shape index (κ1) is 15.4. The van der Waals surface area contributed by atoms with Gasteiger partial charge in [0.15, 0.2) is 0 Å². The van der Waals surface area contributed by atoms with Gasteiger partial charge in [-0.05, 0) is 30.5 Å². The maximum Gasteiger partial charge on any atom is 0.245 e. The summed E-state index contributed by atoms with van der Waals surface area (Å²) in [5.41, 5.74) is 1.13. The summed E-state index contributed by atoms with van der Waals surface area (Å²) in [6, 6.07) is 7.42. The topological polar surface area (TPSA) is 58.6 Å². The average Bonchev–Trinajstić information content (AvgIpc) is 2.50. The van der Waals surface area contributed by atoms with Crippen molar-refractivity contribution in [3.8, 4) is 5.75 Å². The van der Waals surface area contributed by atoms with Crippen molar-refractivity contribution in [2.45, 2.75) is 32.2 Å².